The van der Waals surface area contributed by atoms with Gasteiger partial charge >= 0.3 is 0 Å². The molecule has 1 heterocycles. The van der Waals surface area contributed by atoms with Crippen LogP contribution in [-0.4, -0.2) is 19.2 Å². The maximum Gasteiger partial charge on any atom is 0.131 e. The first-order chi connectivity index (χ1) is 10.1. The molecule has 21 heavy (non-hydrogen) atoms. The zero-order valence-electron chi connectivity index (χ0n) is 12.3. The molecule has 5 heteroatoms. The van der Waals surface area contributed by atoms with Gasteiger partial charge in [-0.1, -0.05) is 35.9 Å². The van der Waals surface area contributed by atoms with Gasteiger partial charge in [-0.2, -0.15) is 5.10 Å². The third-order valence-corrected chi connectivity index (χ3v) is 6.42. The topological polar surface area (TPSA) is 34.9 Å². The Hall–Kier alpha value is -1.13. The molecule has 3 nitrogen and oxygen atoms in total. The van der Waals surface area contributed by atoms with E-state index in [4.69, 9.17) is 11.6 Å². The van der Waals surface area contributed by atoms with Gasteiger partial charge in [-0.3, -0.25) is 8.89 Å². The minimum Gasteiger partial charge on any atom is -0.259 e. The highest BCUT2D eigenvalue weighted by molar-refractivity contribution is 7.84. The first-order valence-electron chi connectivity index (χ1n) is 7.18. The maximum atomic E-state index is 12.7. The largest absolute Gasteiger partial charge is 0.259 e. The van der Waals surface area contributed by atoms with Crippen LogP contribution in [0, 0.1) is 6.92 Å². The van der Waals surface area contributed by atoms with Crippen molar-refractivity contribution < 1.29 is 4.21 Å². The van der Waals surface area contributed by atoms with Crippen LogP contribution in [0.5, 0.6) is 0 Å². The summed E-state index contributed by atoms with van der Waals surface area (Å²) < 4.78 is 14.4. The molecule has 2 atom stereocenters. The summed E-state index contributed by atoms with van der Waals surface area (Å²) in [5, 5.41) is 5.12. The molecule has 0 aliphatic heterocycles. The third-order valence-electron chi connectivity index (χ3n) is 4.23. The second-order valence-corrected chi connectivity index (χ2v) is 7.71. The van der Waals surface area contributed by atoms with Crippen molar-refractivity contribution in [1.29, 1.82) is 0 Å². The van der Waals surface area contributed by atoms with E-state index in [-0.39, 0.29) is 5.25 Å². The Balaban J connectivity index is 1.75. The van der Waals surface area contributed by atoms with Gasteiger partial charge in [0.1, 0.15) is 5.15 Å². The van der Waals surface area contributed by atoms with Crippen LogP contribution in [0.1, 0.15) is 28.8 Å². The number of benzene rings is 1. The lowest BCUT2D eigenvalue weighted by atomic mass is 9.92. The Kier molecular flexibility index (Phi) is 4.18. The van der Waals surface area contributed by atoms with Gasteiger partial charge < -0.3 is 0 Å². The van der Waals surface area contributed by atoms with Gasteiger partial charge in [-0.15, -0.1) is 0 Å². The molecule has 1 aromatic carbocycles. The number of nitrogens with zero attached hydrogens (tertiary/aromatic N) is 2. The van der Waals surface area contributed by atoms with E-state index >= 15 is 0 Å². The molecule has 1 aliphatic carbocycles. The smallest absolute Gasteiger partial charge is 0.131 e. The van der Waals surface area contributed by atoms with E-state index in [0.29, 0.717) is 10.9 Å². The third kappa shape index (κ3) is 2.92. The average Bonchev–Trinajstić information content (AvgIpc) is 2.73. The zero-order valence-corrected chi connectivity index (χ0v) is 13.9. The molecule has 0 amide bonds. The van der Waals surface area contributed by atoms with E-state index in [9.17, 15) is 4.21 Å². The molecule has 0 bridgehead atoms. The van der Waals surface area contributed by atoms with Crippen molar-refractivity contribution in [2.45, 2.75) is 37.2 Å². The van der Waals surface area contributed by atoms with Crippen molar-refractivity contribution in [2.24, 2.45) is 7.05 Å². The van der Waals surface area contributed by atoms with E-state index < -0.39 is 10.8 Å². The van der Waals surface area contributed by atoms with Crippen molar-refractivity contribution >= 4 is 22.4 Å². The standard InChI is InChI=1S/C16H19ClN2OS/c1-11-15(16(17)19(2)18-11)10-21(20)14-8-7-12-5-3-4-6-13(12)9-14/h3-6,14H,7-10H2,1-2H3. The lowest BCUT2D eigenvalue weighted by molar-refractivity contribution is 0.637. The number of aromatic nitrogens is 2. The quantitative estimate of drug-likeness (QED) is 0.870. The van der Waals surface area contributed by atoms with Gasteiger partial charge in [-0.05, 0) is 37.3 Å². The summed E-state index contributed by atoms with van der Waals surface area (Å²) >= 11 is 6.24. The molecule has 0 saturated carbocycles. The predicted octanol–water partition coefficient (Wildman–Crippen LogP) is 3.19. The van der Waals surface area contributed by atoms with Crippen LogP contribution in [0.25, 0.3) is 0 Å². The predicted molar refractivity (Wildman–Crippen MR) is 87.1 cm³/mol. The number of aryl methyl sites for hydroxylation is 3. The summed E-state index contributed by atoms with van der Waals surface area (Å²) in [4.78, 5) is 0. The Bertz CT molecular complexity index is 696. The number of hydrogen-bond donors (Lipinski definition) is 0. The fourth-order valence-electron chi connectivity index (χ4n) is 2.99. The Morgan fingerprint density at radius 2 is 2.10 bits per heavy atom. The molecule has 112 valence electrons. The molecular weight excluding hydrogens is 304 g/mol. The fourth-order valence-corrected chi connectivity index (χ4v) is 4.92. The highest BCUT2D eigenvalue weighted by Gasteiger charge is 2.25. The summed E-state index contributed by atoms with van der Waals surface area (Å²) in [6.07, 6.45) is 2.91. The van der Waals surface area contributed by atoms with Gasteiger partial charge in [0, 0.05) is 28.7 Å². The average molecular weight is 323 g/mol. The van der Waals surface area contributed by atoms with Gasteiger partial charge in [-0.25, -0.2) is 0 Å². The molecule has 0 fully saturated rings. The SMILES string of the molecule is Cc1nn(C)c(Cl)c1CS(=O)C1CCc2ccccc2C1. The highest BCUT2D eigenvalue weighted by atomic mass is 35.5. The Morgan fingerprint density at radius 1 is 1.38 bits per heavy atom. The van der Waals surface area contributed by atoms with Crippen molar-refractivity contribution in [2.75, 3.05) is 0 Å². The van der Waals surface area contributed by atoms with E-state index in [1.807, 2.05) is 14.0 Å². The summed E-state index contributed by atoms with van der Waals surface area (Å²) in [6.45, 7) is 1.93. The van der Waals surface area contributed by atoms with Crippen LogP contribution in [0.4, 0.5) is 0 Å². The van der Waals surface area contributed by atoms with E-state index in [1.165, 1.54) is 11.1 Å². The van der Waals surface area contributed by atoms with Crippen LogP contribution in [0.2, 0.25) is 5.15 Å². The first kappa shape index (κ1) is 14.8. The summed E-state index contributed by atoms with van der Waals surface area (Å²) in [5.41, 5.74) is 4.56. The number of fused-ring (bicyclic) bond motifs is 1. The van der Waals surface area contributed by atoms with Crippen LogP contribution in [0.15, 0.2) is 24.3 Å². The van der Waals surface area contributed by atoms with E-state index in [1.54, 1.807) is 4.68 Å². The molecule has 0 radical (unpaired) electrons. The summed E-state index contributed by atoms with van der Waals surface area (Å²) in [6, 6.07) is 8.47. The van der Waals surface area contributed by atoms with Crippen LogP contribution >= 0.6 is 11.6 Å². The lowest BCUT2D eigenvalue weighted by Gasteiger charge is -2.24. The molecule has 3 rings (SSSR count). The van der Waals surface area contributed by atoms with Crippen molar-refractivity contribution in [1.82, 2.24) is 9.78 Å². The molecule has 1 aromatic heterocycles. The zero-order chi connectivity index (χ0) is 15.0. The molecule has 0 N–H and O–H groups in total. The molecule has 2 aromatic rings. The summed E-state index contributed by atoms with van der Waals surface area (Å²) in [5.74, 6) is 0.505. The lowest BCUT2D eigenvalue weighted by Crippen LogP contribution is -2.25. The van der Waals surface area contributed by atoms with Gasteiger partial charge in [0.15, 0.2) is 0 Å². The highest BCUT2D eigenvalue weighted by Crippen LogP contribution is 2.27. The molecule has 1 aliphatic rings. The number of rotatable bonds is 3. The molecule has 0 spiro atoms. The van der Waals surface area contributed by atoms with Crippen molar-refractivity contribution in [3.8, 4) is 0 Å². The van der Waals surface area contributed by atoms with Crippen molar-refractivity contribution in [3.05, 3.63) is 51.8 Å². The molecular formula is C16H19ClN2OS. The van der Waals surface area contributed by atoms with Crippen LogP contribution in [-0.2, 0) is 36.4 Å². The number of halogens is 1. The minimum absolute atomic E-state index is 0.218. The minimum atomic E-state index is -0.910. The van der Waals surface area contributed by atoms with Gasteiger partial charge in [0.25, 0.3) is 0 Å². The molecule has 2 unspecified atom stereocenters. The van der Waals surface area contributed by atoms with Crippen molar-refractivity contribution in [3.63, 3.8) is 0 Å². The number of hydrogen-bond acceptors (Lipinski definition) is 2. The van der Waals surface area contributed by atoms with Crippen LogP contribution in [0.3, 0.4) is 0 Å². The first-order valence-corrected chi connectivity index (χ1v) is 8.94. The second kappa shape index (κ2) is 5.93. The van der Waals surface area contributed by atoms with Crippen LogP contribution < -0.4 is 0 Å². The monoisotopic (exact) mass is 322 g/mol. The fraction of sp³-hybridized carbons (Fsp3) is 0.438. The van der Waals surface area contributed by atoms with Gasteiger partial charge in [0.2, 0.25) is 0 Å². The van der Waals surface area contributed by atoms with E-state index in [2.05, 4.69) is 29.4 Å². The second-order valence-electron chi connectivity index (χ2n) is 5.64. The normalized spacial score (nSPS) is 19.3. The summed E-state index contributed by atoms with van der Waals surface area (Å²) in [7, 11) is 0.908. The molecule has 0 saturated heterocycles. The Morgan fingerprint density at radius 3 is 2.76 bits per heavy atom. The Labute approximate surface area is 132 Å². The maximum absolute atomic E-state index is 12.7. The van der Waals surface area contributed by atoms with E-state index in [0.717, 1.165) is 30.5 Å². The van der Waals surface area contributed by atoms with Gasteiger partial charge in [0.05, 0.1) is 11.4 Å².